The third-order valence-electron chi connectivity index (χ3n) is 1.82. The van der Waals surface area contributed by atoms with Crippen LogP contribution in [-0.4, -0.2) is 53.4 Å². The number of hydrogen-bond acceptors (Lipinski definition) is 4. The lowest BCUT2D eigenvalue weighted by atomic mass is 10.0. The van der Waals surface area contributed by atoms with Crippen LogP contribution in [0.4, 0.5) is 13.2 Å². The zero-order valence-electron chi connectivity index (χ0n) is 7.51. The first-order valence-electron chi connectivity index (χ1n) is 4.03. The summed E-state index contributed by atoms with van der Waals surface area (Å²) in [5.74, 6) is 0. The lowest BCUT2D eigenvalue weighted by molar-refractivity contribution is -0.135. The largest absolute Gasteiger partial charge is 0.394 e. The van der Waals surface area contributed by atoms with Crippen LogP contribution in [0.15, 0.2) is 0 Å². The molecule has 4 N–H and O–H groups in total. The summed E-state index contributed by atoms with van der Waals surface area (Å²) in [6.45, 7) is -2.33. The van der Waals surface area contributed by atoms with Crippen molar-refractivity contribution >= 4 is 0 Å². The van der Waals surface area contributed by atoms with Crippen LogP contribution in [0.5, 0.6) is 0 Å². The summed E-state index contributed by atoms with van der Waals surface area (Å²) in [4.78, 5) is 0. The molecule has 0 unspecified atom stereocenters. The molecule has 0 saturated carbocycles. The number of aliphatic hydroxyl groups is 3. The van der Waals surface area contributed by atoms with Crippen molar-refractivity contribution in [3.8, 4) is 0 Å². The number of halogens is 3. The predicted octanol–water partition coefficient (Wildman–Crippen LogP) is -0.756. The van der Waals surface area contributed by atoms with Gasteiger partial charge in [-0.1, -0.05) is 0 Å². The first kappa shape index (κ1) is 13.6. The lowest BCUT2D eigenvalue weighted by Crippen LogP contribution is -2.55. The summed E-state index contributed by atoms with van der Waals surface area (Å²) in [5, 5.41) is 28.5. The van der Waals surface area contributed by atoms with Crippen LogP contribution in [0, 0.1) is 0 Å². The summed E-state index contributed by atoms with van der Waals surface area (Å²) in [7, 11) is 0. The summed E-state index contributed by atoms with van der Waals surface area (Å²) in [6, 6.07) is 0. The van der Waals surface area contributed by atoms with E-state index in [2.05, 4.69) is 5.32 Å². The molecule has 0 aliphatic rings. The molecular weight excluding hydrogens is 203 g/mol. The molecule has 0 bridgehead atoms. The fourth-order valence-corrected chi connectivity index (χ4v) is 0.787. The Morgan fingerprint density at radius 2 is 1.36 bits per heavy atom. The lowest BCUT2D eigenvalue weighted by Gasteiger charge is -2.28. The third kappa shape index (κ3) is 4.75. The number of nitrogens with one attached hydrogen (secondary N) is 1. The van der Waals surface area contributed by atoms with Crippen molar-refractivity contribution in [2.45, 2.75) is 18.1 Å². The van der Waals surface area contributed by atoms with E-state index < -0.39 is 44.5 Å². The Labute approximate surface area is 79.4 Å². The standard InChI is InChI=1S/C7H14F3NO3/c8-7(9,10)1-2-11-6(3-12,4-13)5-14/h11-14H,1-5H2. The van der Waals surface area contributed by atoms with E-state index in [-0.39, 0.29) is 0 Å². The van der Waals surface area contributed by atoms with Gasteiger partial charge in [-0.15, -0.1) is 0 Å². The fraction of sp³-hybridized carbons (Fsp3) is 1.00. The molecule has 4 nitrogen and oxygen atoms in total. The van der Waals surface area contributed by atoms with Crippen molar-refractivity contribution in [3.05, 3.63) is 0 Å². The van der Waals surface area contributed by atoms with Crippen molar-refractivity contribution in [2.75, 3.05) is 26.4 Å². The van der Waals surface area contributed by atoms with Gasteiger partial charge in [-0.25, -0.2) is 0 Å². The minimum Gasteiger partial charge on any atom is -0.394 e. The van der Waals surface area contributed by atoms with Gasteiger partial charge in [-0.05, 0) is 0 Å². The number of hydrogen-bond donors (Lipinski definition) is 4. The molecule has 0 fully saturated rings. The highest BCUT2D eigenvalue weighted by atomic mass is 19.4. The van der Waals surface area contributed by atoms with E-state index in [4.69, 9.17) is 15.3 Å². The Kier molecular flexibility index (Phi) is 5.35. The summed E-state index contributed by atoms with van der Waals surface area (Å²) in [5.41, 5.74) is -1.44. The maximum atomic E-state index is 11.7. The maximum Gasteiger partial charge on any atom is 0.390 e. The van der Waals surface area contributed by atoms with E-state index in [9.17, 15) is 13.2 Å². The van der Waals surface area contributed by atoms with Gasteiger partial charge in [0.05, 0.1) is 31.8 Å². The minimum atomic E-state index is -4.29. The molecule has 0 amide bonds. The maximum absolute atomic E-state index is 11.7. The van der Waals surface area contributed by atoms with Gasteiger partial charge in [0, 0.05) is 6.54 Å². The smallest absolute Gasteiger partial charge is 0.390 e. The Bertz CT molecular complexity index is 150. The Morgan fingerprint density at radius 1 is 0.929 bits per heavy atom. The SMILES string of the molecule is OCC(CO)(CO)NCCC(F)(F)F. The van der Waals surface area contributed by atoms with Gasteiger partial charge in [0.15, 0.2) is 0 Å². The van der Waals surface area contributed by atoms with Gasteiger partial charge < -0.3 is 20.6 Å². The van der Waals surface area contributed by atoms with E-state index in [0.717, 1.165) is 0 Å². The van der Waals surface area contributed by atoms with E-state index in [1.165, 1.54) is 0 Å². The van der Waals surface area contributed by atoms with Crippen LogP contribution in [0.3, 0.4) is 0 Å². The van der Waals surface area contributed by atoms with Gasteiger partial charge >= 0.3 is 6.18 Å². The molecular formula is C7H14F3NO3. The molecule has 0 spiro atoms. The first-order valence-corrected chi connectivity index (χ1v) is 4.03. The topological polar surface area (TPSA) is 72.7 Å². The van der Waals surface area contributed by atoms with Gasteiger partial charge in [-0.2, -0.15) is 13.2 Å². The Hall–Kier alpha value is -0.370. The van der Waals surface area contributed by atoms with E-state index in [0.29, 0.717) is 0 Å². The molecule has 86 valence electrons. The highest BCUT2D eigenvalue weighted by molar-refractivity contribution is 4.86. The van der Waals surface area contributed by atoms with E-state index in [1.807, 2.05) is 0 Å². The average Bonchev–Trinajstić information content (AvgIpc) is 2.11. The fourth-order valence-electron chi connectivity index (χ4n) is 0.787. The molecule has 0 aromatic carbocycles. The van der Waals surface area contributed by atoms with Crippen LogP contribution in [0.25, 0.3) is 0 Å². The Balaban J connectivity index is 3.95. The van der Waals surface area contributed by atoms with Crippen molar-refractivity contribution in [1.29, 1.82) is 0 Å². The number of alkyl halides is 3. The third-order valence-corrected chi connectivity index (χ3v) is 1.82. The predicted molar refractivity (Wildman–Crippen MR) is 42.7 cm³/mol. The molecule has 0 saturated heterocycles. The molecule has 14 heavy (non-hydrogen) atoms. The molecule has 0 heterocycles. The van der Waals surface area contributed by atoms with Gasteiger partial charge in [-0.3, -0.25) is 0 Å². The van der Waals surface area contributed by atoms with Crippen molar-refractivity contribution < 1.29 is 28.5 Å². The number of rotatable bonds is 6. The summed E-state index contributed by atoms with van der Waals surface area (Å²) >= 11 is 0. The molecule has 0 atom stereocenters. The highest BCUT2D eigenvalue weighted by Crippen LogP contribution is 2.18. The summed E-state index contributed by atoms with van der Waals surface area (Å²) < 4.78 is 35.1. The van der Waals surface area contributed by atoms with Crippen LogP contribution >= 0.6 is 0 Å². The molecule has 0 rings (SSSR count). The van der Waals surface area contributed by atoms with Gasteiger partial charge in [0.25, 0.3) is 0 Å². The molecule has 7 heteroatoms. The molecule has 0 aliphatic carbocycles. The van der Waals surface area contributed by atoms with Crippen LogP contribution < -0.4 is 5.32 Å². The van der Waals surface area contributed by atoms with Crippen LogP contribution in [-0.2, 0) is 0 Å². The zero-order valence-corrected chi connectivity index (χ0v) is 7.51. The molecule has 0 aliphatic heterocycles. The van der Waals surface area contributed by atoms with E-state index >= 15 is 0 Å². The first-order chi connectivity index (χ1) is 6.39. The quantitative estimate of drug-likeness (QED) is 0.472. The molecule has 0 aromatic heterocycles. The molecule has 0 aromatic rings. The van der Waals surface area contributed by atoms with Crippen molar-refractivity contribution in [2.24, 2.45) is 0 Å². The minimum absolute atomic E-state index is 0.453. The zero-order chi connectivity index (χ0) is 11.2. The monoisotopic (exact) mass is 217 g/mol. The van der Waals surface area contributed by atoms with E-state index in [1.54, 1.807) is 0 Å². The highest BCUT2D eigenvalue weighted by Gasteiger charge is 2.31. The van der Waals surface area contributed by atoms with Crippen molar-refractivity contribution in [3.63, 3.8) is 0 Å². The van der Waals surface area contributed by atoms with Gasteiger partial charge in [0.1, 0.15) is 0 Å². The second kappa shape index (κ2) is 5.50. The van der Waals surface area contributed by atoms with Crippen LogP contribution in [0.1, 0.15) is 6.42 Å². The molecule has 0 radical (unpaired) electrons. The van der Waals surface area contributed by atoms with Crippen LogP contribution in [0.2, 0.25) is 0 Å². The second-order valence-electron chi connectivity index (χ2n) is 3.05. The van der Waals surface area contributed by atoms with Crippen molar-refractivity contribution in [1.82, 2.24) is 5.32 Å². The van der Waals surface area contributed by atoms with Gasteiger partial charge in [0.2, 0.25) is 0 Å². The Morgan fingerprint density at radius 3 is 1.64 bits per heavy atom. The number of aliphatic hydroxyl groups excluding tert-OH is 3. The average molecular weight is 217 g/mol. The normalized spacial score (nSPS) is 13.3. The second-order valence-corrected chi connectivity index (χ2v) is 3.05. The summed E-state index contributed by atoms with van der Waals surface area (Å²) in [6.07, 6.45) is -5.37.